The van der Waals surface area contributed by atoms with E-state index in [-0.39, 0.29) is 30.2 Å². The van der Waals surface area contributed by atoms with E-state index in [2.05, 4.69) is 4.74 Å². The van der Waals surface area contributed by atoms with E-state index in [1.165, 1.54) is 7.11 Å². The van der Waals surface area contributed by atoms with Gasteiger partial charge >= 0.3 is 11.9 Å². The maximum Gasteiger partial charge on any atom is 0.308 e. The average molecular weight is 222 g/mol. The van der Waals surface area contributed by atoms with Crippen molar-refractivity contribution in [1.29, 1.82) is 0 Å². The van der Waals surface area contributed by atoms with Crippen LogP contribution in [0, 0.1) is 11.8 Å². The van der Waals surface area contributed by atoms with Crippen LogP contribution in [0.25, 0.3) is 0 Å². The molecular weight excluding hydrogens is 208 g/mol. The SMILES string of the molecule is COC(=O)C1CCC(C(=O)O)CC1.[Cl-]. The van der Waals surface area contributed by atoms with Gasteiger partial charge in [0.05, 0.1) is 18.9 Å². The van der Waals surface area contributed by atoms with Gasteiger partial charge in [-0.2, -0.15) is 0 Å². The molecule has 0 aromatic heterocycles. The van der Waals surface area contributed by atoms with Crippen molar-refractivity contribution in [1.82, 2.24) is 0 Å². The van der Waals surface area contributed by atoms with E-state index in [0.29, 0.717) is 25.7 Å². The van der Waals surface area contributed by atoms with Crippen molar-refractivity contribution in [3.8, 4) is 0 Å². The van der Waals surface area contributed by atoms with E-state index in [9.17, 15) is 9.59 Å². The summed E-state index contributed by atoms with van der Waals surface area (Å²) in [5, 5.41) is 8.70. The van der Waals surface area contributed by atoms with Gasteiger partial charge in [0.15, 0.2) is 0 Å². The lowest BCUT2D eigenvalue weighted by atomic mass is 9.82. The van der Waals surface area contributed by atoms with Gasteiger partial charge in [0.1, 0.15) is 0 Å². The maximum absolute atomic E-state index is 11.1. The molecule has 0 atom stereocenters. The summed E-state index contributed by atoms with van der Waals surface area (Å²) < 4.78 is 4.60. The van der Waals surface area contributed by atoms with Crippen molar-refractivity contribution in [2.24, 2.45) is 11.8 Å². The molecule has 0 saturated heterocycles. The van der Waals surface area contributed by atoms with E-state index in [0.717, 1.165) is 0 Å². The van der Waals surface area contributed by atoms with E-state index in [1.807, 2.05) is 0 Å². The van der Waals surface area contributed by atoms with Crippen LogP contribution in [0.3, 0.4) is 0 Å². The highest BCUT2D eigenvalue weighted by atomic mass is 35.5. The standard InChI is InChI=1S/C9H14O4.ClH/c1-13-9(12)7-4-2-6(3-5-7)8(10)11;/h6-7H,2-5H2,1H3,(H,10,11);1H/p-1. The number of esters is 1. The molecule has 1 aliphatic carbocycles. The fourth-order valence-corrected chi connectivity index (χ4v) is 1.74. The number of aliphatic carboxylic acids is 1. The summed E-state index contributed by atoms with van der Waals surface area (Å²) in [6, 6.07) is 0. The van der Waals surface area contributed by atoms with Gasteiger partial charge in [0, 0.05) is 0 Å². The molecule has 14 heavy (non-hydrogen) atoms. The second-order valence-corrected chi connectivity index (χ2v) is 3.41. The fourth-order valence-electron chi connectivity index (χ4n) is 1.74. The second kappa shape index (κ2) is 5.86. The second-order valence-electron chi connectivity index (χ2n) is 3.41. The molecule has 0 spiro atoms. The summed E-state index contributed by atoms with van der Waals surface area (Å²) in [4.78, 5) is 21.7. The molecule has 1 N–H and O–H groups in total. The molecule has 1 rings (SSSR count). The lowest BCUT2D eigenvalue weighted by molar-refractivity contribution is -0.150. The quantitative estimate of drug-likeness (QED) is 0.551. The number of hydrogen-bond acceptors (Lipinski definition) is 3. The summed E-state index contributed by atoms with van der Waals surface area (Å²) in [6.45, 7) is 0. The van der Waals surface area contributed by atoms with Gasteiger partial charge in [0.2, 0.25) is 0 Å². The predicted molar refractivity (Wildman–Crippen MR) is 45.1 cm³/mol. The van der Waals surface area contributed by atoms with E-state index < -0.39 is 5.97 Å². The highest BCUT2D eigenvalue weighted by Gasteiger charge is 2.29. The molecule has 0 aromatic carbocycles. The van der Waals surface area contributed by atoms with Gasteiger partial charge in [0.25, 0.3) is 0 Å². The van der Waals surface area contributed by atoms with Crippen LogP contribution >= 0.6 is 0 Å². The number of carboxylic acid groups (broad SMARTS) is 1. The van der Waals surface area contributed by atoms with Crippen LogP contribution in [0.5, 0.6) is 0 Å². The highest BCUT2D eigenvalue weighted by molar-refractivity contribution is 5.74. The molecule has 0 aliphatic heterocycles. The molecule has 5 heteroatoms. The first-order valence-electron chi connectivity index (χ1n) is 4.45. The smallest absolute Gasteiger partial charge is 0.308 e. The normalized spacial score (nSPS) is 26.1. The van der Waals surface area contributed by atoms with Gasteiger partial charge < -0.3 is 22.3 Å². The first kappa shape index (κ1) is 13.2. The predicted octanol–water partition coefficient (Wildman–Crippen LogP) is -1.95. The molecule has 0 unspecified atom stereocenters. The third-order valence-electron chi connectivity index (χ3n) is 2.61. The molecule has 1 fully saturated rings. The van der Waals surface area contributed by atoms with Gasteiger partial charge in [-0.05, 0) is 25.7 Å². The summed E-state index contributed by atoms with van der Waals surface area (Å²) >= 11 is 0. The minimum Gasteiger partial charge on any atom is -1.00 e. The lowest BCUT2D eigenvalue weighted by Crippen LogP contribution is -3.00. The molecule has 1 aliphatic rings. The Morgan fingerprint density at radius 3 is 1.93 bits per heavy atom. The Morgan fingerprint density at radius 1 is 1.14 bits per heavy atom. The summed E-state index contributed by atoms with van der Waals surface area (Å²) in [6.07, 6.45) is 2.47. The Balaban J connectivity index is 0.00000169. The van der Waals surface area contributed by atoms with Crippen molar-refractivity contribution in [3.05, 3.63) is 0 Å². The van der Waals surface area contributed by atoms with E-state index in [1.54, 1.807) is 0 Å². The van der Waals surface area contributed by atoms with Crippen molar-refractivity contribution >= 4 is 11.9 Å². The minimum atomic E-state index is -0.747. The first-order valence-corrected chi connectivity index (χ1v) is 4.45. The maximum atomic E-state index is 11.1. The summed E-state index contributed by atoms with van der Waals surface area (Å²) in [7, 11) is 1.37. The van der Waals surface area contributed by atoms with Gasteiger partial charge in [-0.3, -0.25) is 9.59 Å². The van der Waals surface area contributed by atoms with Gasteiger partial charge in [-0.25, -0.2) is 0 Å². The molecule has 0 bridgehead atoms. The Hall–Kier alpha value is -0.770. The van der Waals surface area contributed by atoms with Gasteiger partial charge in [-0.1, -0.05) is 0 Å². The number of methoxy groups -OCH3 is 1. The topological polar surface area (TPSA) is 63.6 Å². The molecule has 0 aromatic rings. The van der Waals surface area contributed by atoms with Crippen LogP contribution in [-0.4, -0.2) is 24.2 Å². The molecule has 0 radical (unpaired) electrons. The number of carbonyl (C=O) groups is 2. The zero-order chi connectivity index (χ0) is 9.84. The number of hydrogen-bond donors (Lipinski definition) is 1. The van der Waals surface area contributed by atoms with Crippen LogP contribution in [0.15, 0.2) is 0 Å². The number of ether oxygens (including phenoxy) is 1. The zero-order valence-electron chi connectivity index (χ0n) is 8.03. The van der Waals surface area contributed by atoms with Crippen LogP contribution in [0.4, 0.5) is 0 Å². The fraction of sp³-hybridized carbons (Fsp3) is 0.778. The molecule has 4 nitrogen and oxygen atoms in total. The average Bonchev–Trinajstić information content (AvgIpc) is 2.17. The van der Waals surface area contributed by atoms with E-state index in [4.69, 9.17) is 5.11 Å². The van der Waals surface area contributed by atoms with Crippen molar-refractivity contribution in [3.63, 3.8) is 0 Å². The number of rotatable bonds is 2. The molecule has 0 amide bonds. The van der Waals surface area contributed by atoms with Gasteiger partial charge in [-0.15, -0.1) is 0 Å². The largest absolute Gasteiger partial charge is 1.00 e. The minimum absolute atomic E-state index is 0. The van der Waals surface area contributed by atoms with Crippen LogP contribution in [0.1, 0.15) is 25.7 Å². The Labute approximate surface area is 89.0 Å². The van der Waals surface area contributed by atoms with Crippen molar-refractivity contribution in [2.45, 2.75) is 25.7 Å². The monoisotopic (exact) mass is 221 g/mol. The Kier molecular flexibility index (Phi) is 5.53. The molecule has 0 heterocycles. The van der Waals surface area contributed by atoms with Crippen molar-refractivity contribution < 1.29 is 31.8 Å². The zero-order valence-corrected chi connectivity index (χ0v) is 8.79. The summed E-state index contributed by atoms with van der Waals surface area (Å²) in [5.41, 5.74) is 0. The molecule has 1 saturated carbocycles. The number of halogens is 1. The van der Waals surface area contributed by atoms with Crippen molar-refractivity contribution in [2.75, 3.05) is 7.11 Å². The Bertz CT molecular complexity index is 209. The lowest BCUT2D eigenvalue weighted by Gasteiger charge is -2.23. The highest BCUT2D eigenvalue weighted by Crippen LogP contribution is 2.29. The number of carbonyl (C=O) groups excluding carboxylic acids is 1. The van der Waals surface area contributed by atoms with Crippen LogP contribution < -0.4 is 12.4 Å². The summed E-state index contributed by atoms with van der Waals surface area (Å²) in [5.74, 6) is -1.30. The third-order valence-corrected chi connectivity index (χ3v) is 2.61. The first-order chi connectivity index (χ1) is 6.15. The molecular formula is C9H14ClO4-. The number of carboxylic acids is 1. The molecule has 82 valence electrons. The van der Waals surface area contributed by atoms with Crippen LogP contribution in [-0.2, 0) is 14.3 Å². The Morgan fingerprint density at radius 2 is 1.57 bits per heavy atom. The van der Waals surface area contributed by atoms with Crippen LogP contribution in [0.2, 0.25) is 0 Å². The van der Waals surface area contributed by atoms with E-state index >= 15 is 0 Å². The third kappa shape index (κ3) is 3.18.